The standard InChI is InChI=1S/C28H50O3Si2/c1-12-27(29)20-21-22(27)16-17-23(30-32(8,9)25(2,3)4)24(21)28(18-14-13-15-19-28)31-33(10,11)26(5,6)7/h12,21-24,29H,1,13-14,16-18,20H2,2-11H3/t21-,22-,23-,24-,27+,28?/m0/s1. The van der Waals surface area contributed by atoms with Gasteiger partial charge in [-0.3, -0.25) is 0 Å². The van der Waals surface area contributed by atoms with Crippen LogP contribution in [0.25, 0.3) is 0 Å². The van der Waals surface area contributed by atoms with Crippen LogP contribution in [0.2, 0.25) is 36.3 Å². The van der Waals surface area contributed by atoms with Crippen molar-refractivity contribution in [2.75, 3.05) is 0 Å². The fourth-order valence-electron chi connectivity index (χ4n) is 5.81. The van der Waals surface area contributed by atoms with Crippen LogP contribution in [0.15, 0.2) is 12.7 Å². The van der Waals surface area contributed by atoms with Gasteiger partial charge in [0.25, 0.3) is 0 Å². The van der Waals surface area contributed by atoms with E-state index in [1.165, 1.54) is 0 Å². The van der Waals surface area contributed by atoms with Gasteiger partial charge in [-0.15, -0.1) is 12.5 Å². The molecule has 2 saturated carbocycles. The summed E-state index contributed by atoms with van der Waals surface area (Å²) in [5.74, 6) is 7.99. The first kappa shape index (κ1) is 27.2. The molecular formula is C28H50O3Si2. The van der Waals surface area contributed by atoms with E-state index >= 15 is 0 Å². The van der Waals surface area contributed by atoms with Crippen molar-refractivity contribution in [2.45, 2.75) is 134 Å². The second kappa shape index (κ2) is 8.62. The number of hydrogen-bond donors (Lipinski definition) is 1. The van der Waals surface area contributed by atoms with Gasteiger partial charge in [0.2, 0.25) is 0 Å². The summed E-state index contributed by atoms with van der Waals surface area (Å²) in [4.78, 5) is 0. The second-order valence-corrected chi connectivity index (χ2v) is 23.6. The molecular weight excluding hydrogens is 440 g/mol. The van der Waals surface area contributed by atoms with Gasteiger partial charge < -0.3 is 14.0 Å². The van der Waals surface area contributed by atoms with Crippen LogP contribution in [0.1, 0.15) is 80.1 Å². The molecule has 0 aromatic carbocycles. The lowest BCUT2D eigenvalue weighted by Crippen LogP contribution is -2.67. The highest BCUT2D eigenvalue weighted by Crippen LogP contribution is 2.60. The molecule has 0 heterocycles. The zero-order valence-electron chi connectivity index (χ0n) is 23.1. The Hall–Kier alpha value is -0.386. The molecule has 3 rings (SSSR count). The van der Waals surface area contributed by atoms with Crippen LogP contribution in [-0.4, -0.2) is 39.0 Å². The Morgan fingerprint density at radius 1 is 1.00 bits per heavy atom. The van der Waals surface area contributed by atoms with Crippen LogP contribution in [-0.2, 0) is 8.85 Å². The molecule has 0 bridgehead atoms. The van der Waals surface area contributed by atoms with Crippen LogP contribution in [0.3, 0.4) is 0 Å². The first-order chi connectivity index (χ1) is 14.9. The maximum Gasteiger partial charge on any atom is 0.194 e. The van der Waals surface area contributed by atoms with E-state index in [0.29, 0.717) is 5.92 Å². The highest BCUT2D eigenvalue weighted by molar-refractivity contribution is 6.74. The van der Waals surface area contributed by atoms with Crippen LogP contribution in [0, 0.1) is 29.6 Å². The first-order valence-electron chi connectivity index (χ1n) is 13.1. The summed E-state index contributed by atoms with van der Waals surface area (Å²) in [6.07, 6.45) is 7.65. The van der Waals surface area contributed by atoms with E-state index < -0.39 is 27.8 Å². The number of rotatable bonds is 6. The van der Waals surface area contributed by atoms with Crippen molar-refractivity contribution < 1.29 is 14.0 Å². The van der Waals surface area contributed by atoms with Gasteiger partial charge in [-0.05, 0) is 80.2 Å². The average Bonchev–Trinajstić information content (AvgIpc) is 2.65. The van der Waals surface area contributed by atoms with Crippen molar-refractivity contribution >= 4 is 16.6 Å². The fourth-order valence-corrected chi connectivity index (χ4v) is 8.69. The van der Waals surface area contributed by atoms with E-state index in [-0.39, 0.29) is 28.0 Å². The number of aliphatic hydroxyl groups is 1. The normalized spacial score (nSPS) is 37.4. The van der Waals surface area contributed by atoms with Gasteiger partial charge in [-0.25, -0.2) is 0 Å². The lowest BCUT2D eigenvalue weighted by atomic mass is 9.48. The van der Waals surface area contributed by atoms with Gasteiger partial charge >= 0.3 is 0 Å². The van der Waals surface area contributed by atoms with Gasteiger partial charge in [0, 0.05) is 12.3 Å². The predicted octanol–water partition coefficient (Wildman–Crippen LogP) is 7.29. The molecule has 0 aromatic heterocycles. The largest absolute Gasteiger partial charge is 0.414 e. The summed E-state index contributed by atoms with van der Waals surface area (Å²) >= 11 is 0. The third-order valence-electron chi connectivity index (χ3n) is 9.88. The molecule has 0 spiro atoms. The monoisotopic (exact) mass is 490 g/mol. The van der Waals surface area contributed by atoms with E-state index in [1.54, 1.807) is 6.08 Å². The van der Waals surface area contributed by atoms with Crippen LogP contribution < -0.4 is 0 Å². The molecule has 1 N–H and O–H groups in total. The van der Waals surface area contributed by atoms with Gasteiger partial charge in [-0.1, -0.05) is 53.5 Å². The Bertz CT molecular complexity index is 810. The van der Waals surface area contributed by atoms with Crippen molar-refractivity contribution in [3.63, 3.8) is 0 Å². The van der Waals surface area contributed by atoms with Crippen molar-refractivity contribution in [3.05, 3.63) is 12.7 Å². The first-order valence-corrected chi connectivity index (χ1v) is 18.9. The van der Waals surface area contributed by atoms with Crippen molar-refractivity contribution in [1.82, 2.24) is 0 Å². The molecule has 0 saturated heterocycles. The summed E-state index contributed by atoms with van der Waals surface area (Å²) in [5.41, 5.74) is -1.22. The summed E-state index contributed by atoms with van der Waals surface area (Å²) in [5, 5.41) is 11.5. The van der Waals surface area contributed by atoms with Crippen molar-refractivity contribution in [2.24, 2.45) is 17.8 Å². The summed E-state index contributed by atoms with van der Waals surface area (Å²) in [7, 11) is -4.05. The molecule has 0 aliphatic heterocycles. The average molecular weight is 491 g/mol. The minimum atomic E-state index is -2.07. The van der Waals surface area contributed by atoms with Crippen molar-refractivity contribution in [3.8, 4) is 11.8 Å². The van der Waals surface area contributed by atoms with Crippen molar-refractivity contribution in [1.29, 1.82) is 0 Å². The molecule has 0 aromatic rings. The molecule has 3 aliphatic rings. The third-order valence-corrected chi connectivity index (χ3v) is 18.9. The highest BCUT2D eigenvalue weighted by Gasteiger charge is 2.64. The molecule has 3 nitrogen and oxygen atoms in total. The second-order valence-electron chi connectivity index (χ2n) is 14.1. The summed E-state index contributed by atoms with van der Waals surface area (Å²) in [6.45, 7) is 27.3. The predicted molar refractivity (Wildman–Crippen MR) is 144 cm³/mol. The quantitative estimate of drug-likeness (QED) is 0.241. The Labute approximate surface area is 206 Å². The molecule has 1 unspecified atom stereocenters. The summed E-state index contributed by atoms with van der Waals surface area (Å²) in [6, 6.07) is 0. The van der Waals surface area contributed by atoms with E-state index in [9.17, 15) is 5.11 Å². The Balaban J connectivity index is 2.07. The van der Waals surface area contributed by atoms with E-state index in [1.807, 2.05) is 0 Å². The minimum Gasteiger partial charge on any atom is -0.414 e. The smallest absolute Gasteiger partial charge is 0.194 e. The van der Waals surface area contributed by atoms with Gasteiger partial charge in [-0.2, -0.15) is 0 Å². The van der Waals surface area contributed by atoms with E-state index in [0.717, 1.165) is 38.5 Å². The maximum absolute atomic E-state index is 11.2. The van der Waals surface area contributed by atoms with E-state index in [2.05, 4.69) is 86.2 Å². The zero-order chi connectivity index (χ0) is 25.1. The molecule has 5 heteroatoms. The Morgan fingerprint density at radius 3 is 2.09 bits per heavy atom. The van der Waals surface area contributed by atoms with Crippen LogP contribution in [0.4, 0.5) is 0 Å². The molecule has 33 heavy (non-hydrogen) atoms. The number of fused-ring (bicyclic) bond motifs is 1. The highest BCUT2D eigenvalue weighted by atomic mass is 28.4. The molecule has 2 fully saturated rings. The van der Waals surface area contributed by atoms with Gasteiger partial charge in [0.1, 0.15) is 5.60 Å². The molecule has 0 amide bonds. The van der Waals surface area contributed by atoms with Crippen LogP contribution in [0.5, 0.6) is 0 Å². The molecule has 0 radical (unpaired) electrons. The minimum absolute atomic E-state index is 0.116. The van der Waals surface area contributed by atoms with E-state index in [4.69, 9.17) is 8.85 Å². The lowest BCUT2D eigenvalue weighted by Gasteiger charge is -2.63. The fraction of sp³-hybridized carbons (Fsp3) is 0.857. The SMILES string of the molecule is C=C[C@@]1(O)C[C@@H]2[C@H](C3(O[Si](C)(C)C(C)(C)C)C#CCCC3)[C@@H](O[Si](C)(C)C(C)(C)C)CC[C@@H]21. The maximum atomic E-state index is 11.2. The molecule has 3 aliphatic carbocycles. The summed E-state index contributed by atoms with van der Waals surface area (Å²) < 4.78 is 14.5. The zero-order valence-corrected chi connectivity index (χ0v) is 25.1. The number of hydrogen-bond acceptors (Lipinski definition) is 3. The lowest BCUT2D eigenvalue weighted by molar-refractivity contribution is -0.195. The third kappa shape index (κ3) is 4.85. The Morgan fingerprint density at radius 2 is 1.61 bits per heavy atom. The molecule has 6 atom stereocenters. The molecule has 188 valence electrons. The van der Waals surface area contributed by atoms with Gasteiger partial charge in [0.15, 0.2) is 16.6 Å². The van der Waals surface area contributed by atoms with Crippen LogP contribution >= 0.6 is 0 Å². The Kier molecular flexibility index (Phi) is 7.11. The topological polar surface area (TPSA) is 38.7 Å². The van der Waals surface area contributed by atoms with Gasteiger partial charge in [0.05, 0.1) is 11.7 Å².